The summed E-state index contributed by atoms with van der Waals surface area (Å²) in [4.78, 5) is 0. The third-order valence-corrected chi connectivity index (χ3v) is 4.02. The fourth-order valence-corrected chi connectivity index (χ4v) is 3.12. The molecule has 2 atom stereocenters. The van der Waals surface area contributed by atoms with Crippen molar-refractivity contribution in [2.75, 3.05) is 13.1 Å². The zero-order valence-corrected chi connectivity index (χ0v) is 8.88. The molecule has 2 nitrogen and oxygen atoms in total. The highest BCUT2D eigenvalue weighted by molar-refractivity contribution is 14.1. The van der Waals surface area contributed by atoms with E-state index in [0.717, 1.165) is 12.1 Å². The number of nitrogens with one attached hydrogen (secondary N) is 1. The van der Waals surface area contributed by atoms with Crippen LogP contribution in [0.25, 0.3) is 0 Å². The molecule has 0 spiro atoms. The van der Waals surface area contributed by atoms with E-state index >= 15 is 0 Å². The standard InChI is InChI=1S/C8H15IN2/c9-11-6-5-10-7-3-1-2-4-8(7)11/h7-8,10H,1-6H2. The lowest BCUT2D eigenvalue weighted by Crippen LogP contribution is -2.55. The second-order valence-corrected chi connectivity index (χ2v) is 4.78. The molecule has 3 heteroatoms. The van der Waals surface area contributed by atoms with E-state index in [4.69, 9.17) is 0 Å². The Bertz CT molecular complexity index is 138. The molecule has 11 heavy (non-hydrogen) atoms. The number of halogens is 1. The number of rotatable bonds is 0. The van der Waals surface area contributed by atoms with E-state index in [-0.39, 0.29) is 0 Å². The van der Waals surface area contributed by atoms with Gasteiger partial charge in [0.15, 0.2) is 0 Å². The van der Waals surface area contributed by atoms with Crippen LogP contribution in [-0.4, -0.2) is 28.3 Å². The molecule has 0 aromatic carbocycles. The Hall–Kier alpha value is 0.650. The predicted octanol–water partition coefficient (Wildman–Crippen LogP) is 1.55. The Morgan fingerprint density at radius 2 is 2.09 bits per heavy atom. The fraction of sp³-hybridized carbons (Fsp3) is 1.00. The Morgan fingerprint density at radius 3 is 2.91 bits per heavy atom. The number of fused-ring (bicyclic) bond motifs is 1. The molecule has 0 bridgehead atoms. The van der Waals surface area contributed by atoms with Crippen LogP contribution in [0.3, 0.4) is 0 Å². The SMILES string of the molecule is IN1CCNC2CCCCC21. The van der Waals surface area contributed by atoms with Crippen LogP contribution in [0.1, 0.15) is 25.7 Å². The normalized spacial score (nSPS) is 40.1. The second-order valence-electron chi connectivity index (χ2n) is 3.54. The van der Waals surface area contributed by atoms with Crippen molar-refractivity contribution in [2.45, 2.75) is 37.8 Å². The van der Waals surface area contributed by atoms with Crippen molar-refractivity contribution >= 4 is 22.9 Å². The number of piperazine rings is 1. The third kappa shape index (κ3) is 1.70. The lowest BCUT2D eigenvalue weighted by atomic mass is 9.89. The van der Waals surface area contributed by atoms with Gasteiger partial charge < -0.3 is 5.32 Å². The molecule has 1 heterocycles. The van der Waals surface area contributed by atoms with Crippen molar-refractivity contribution in [1.29, 1.82) is 0 Å². The molecule has 1 saturated heterocycles. The first-order valence-electron chi connectivity index (χ1n) is 4.54. The monoisotopic (exact) mass is 266 g/mol. The Labute approximate surface area is 82.2 Å². The van der Waals surface area contributed by atoms with Gasteiger partial charge in [0, 0.05) is 48.0 Å². The van der Waals surface area contributed by atoms with Crippen molar-refractivity contribution < 1.29 is 0 Å². The van der Waals surface area contributed by atoms with E-state index in [1.165, 1.54) is 38.8 Å². The Balaban J connectivity index is 1.99. The number of hydrogen-bond donors (Lipinski definition) is 1. The van der Waals surface area contributed by atoms with Gasteiger partial charge in [-0.1, -0.05) is 12.8 Å². The molecule has 2 aliphatic rings. The highest BCUT2D eigenvalue weighted by Gasteiger charge is 2.31. The molecule has 64 valence electrons. The summed E-state index contributed by atoms with van der Waals surface area (Å²) in [7, 11) is 0. The van der Waals surface area contributed by atoms with Crippen molar-refractivity contribution in [1.82, 2.24) is 8.43 Å². The van der Waals surface area contributed by atoms with Crippen LogP contribution in [-0.2, 0) is 0 Å². The van der Waals surface area contributed by atoms with E-state index in [2.05, 4.69) is 31.3 Å². The predicted molar refractivity (Wildman–Crippen MR) is 54.8 cm³/mol. The van der Waals surface area contributed by atoms with Crippen molar-refractivity contribution in [3.63, 3.8) is 0 Å². The summed E-state index contributed by atoms with van der Waals surface area (Å²) in [5.74, 6) is 0. The lowest BCUT2D eigenvalue weighted by molar-refractivity contribution is 0.188. The van der Waals surface area contributed by atoms with Gasteiger partial charge in [-0.05, 0) is 12.8 Å². The van der Waals surface area contributed by atoms with E-state index in [1.54, 1.807) is 0 Å². The maximum atomic E-state index is 3.60. The largest absolute Gasteiger partial charge is 0.311 e. The summed E-state index contributed by atoms with van der Waals surface area (Å²) in [5.41, 5.74) is 0. The first-order chi connectivity index (χ1) is 5.38. The average Bonchev–Trinajstić information content (AvgIpc) is 2.06. The molecule has 1 aliphatic carbocycles. The molecular formula is C8H15IN2. The summed E-state index contributed by atoms with van der Waals surface area (Å²) >= 11 is 2.48. The van der Waals surface area contributed by atoms with E-state index < -0.39 is 0 Å². The van der Waals surface area contributed by atoms with Gasteiger partial charge in [0.2, 0.25) is 0 Å². The summed E-state index contributed by atoms with van der Waals surface area (Å²) in [5, 5.41) is 3.60. The van der Waals surface area contributed by atoms with Crippen LogP contribution >= 0.6 is 22.9 Å². The summed E-state index contributed by atoms with van der Waals surface area (Å²) < 4.78 is 2.50. The summed E-state index contributed by atoms with van der Waals surface area (Å²) in [6.07, 6.45) is 5.66. The van der Waals surface area contributed by atoms with Gasteiger partial charge in [-0.15, -0.1) is 0 Å². The Morgan fingerprint density at radius 1 is 1.27 bits per heavy atom. The number of hydrogen-bond acceptors (Lipinski definition) is 2. The third-order valence-electron chi connectivity index (χ3n) is 2.82. The fourth-order valence-electron chi connectivity index (χ4n) is 2.21. The maximum absolute atomic E-state index is 3.60. The van der Waals surface area contributed by atoms with Crippen molar-refractivity contribution in [3.05, 3.63) is 0 Å². The highest BCUT2D eigenvalue weighted by atomic mass is 127. The van der Waals surface area contributed by atoms with Crippen LogP contribution < -0.4 is 5.32 Å². The minimum absolute atomic E-state index is 0.800. The van der Waals surface area contributed by atoms with Gasteiger partial charge in [0.25, 0.3) is 0 Å². The van der Waals surface area contributed by atoms with Crippen LogP contribution in [0.4, 0.5) is 0 Å². The number of nitrogens with zero attached hydrogens (tertiary/aromatic N) is 1. The lowest BCUT2D eigenvalue weighted by Gasteiger charge is -2.41. The van der Waals surface area contributed by atoms with Gasteiger partial charge in [-0.2, -0.15) is 0 Å². The quantitative estimate of drug-likeness (QED) is 0.528. The molecule has 2 rings (SSSR count). The van der Waals surface area contributed by atoms with Gasteiger partial charge in [-0.25, -0.2) is 3.11 Å². The zero-order valence-electron chi connectivity index (χ0n) is 6.72. The molecule has 1 aliphatic heterocycles. The first kappa shape index (κ1) is 8.26. The molecule has 0 aromatic heterocycles. The van der Waals surface area contributed by atoms with Crippen molar-refractivity contribution in [2.24, 2.45) is 0 Å². The van der Waals surface area contributed by atoms with E-state index in [0.29, 0.717) is 0 Å². The molecular weight excluding hydrogens is 251 g/mol. The minimum atomic E-state index is 0.800. The van der Waals surface area contributed by atoms with Crippen LogP contribution in [0.5, 0.6) is 0 Å². The molecule has 0 amide bonds. The Kier molecular flexibility index (Phi) is 2.69. The summed E-state index contributed by atoms with van der Waals surface area (Å²) in [6, 6.07) is 1.63. The average molecular weight is 266 g/mol. The molecule has 0 aromatic rings. The molecule has 1 saturated carbocycles. The molecule has 2 unspecified atom stereocenters. The first-order valence-corrected chi connectivity index (χ1v) is 5.50. The summed E-state index contributed by atoms with van der Waals surface area (Å²) in [6.45, 7) is 2.41. The van der Waals surface area contributed by atoms with Gasteiger partial charge in [0.1, 0.15) is 0 Å². The van der Waals surface area contributed by atoms with Gasteiger partial charge in [-0.3, -0.25) is 0 Å². The van der Waals surface area contributed by atoms with Crippen LogP contribution in [0.15, 0.2) is 0 Å². The van der Waals surface area contributed by atoms with Gasteiger partial charge >= 0.3 is 0 Å². The zero-order chi connectivity index (χ0) is 7.68. The smallest absolute Gasteiger partial charge is 0.0348 e. The van der Waals surface area contributed by atoms with Crippen LogP contribution in [0, 0.1) is 0 Å². The molecule has 0 radical (unpaired) electrons. The minimum Gasteiger partial charge on any atom is -0.311 e. The second kappa shape index (κ2) is 3.58. The van der Waals surface area contributed by atoms with Crippen LogP contribution in [0.2, 0.25) is 0 Å². The maximum Gasteiger partial charge on any atom is 0.0348 e. The van der Waals surface area contributed by atoms with Crippen molar-refractivity contribution in [3.8, 4) is 0 Å². The molecule has 2 fully saturated rings. The molecule has 1 N–H and O–H groups in total. The van der Waals surface area contributed by atoms with E-state index in [1.807, 2.05) is 0 Å². The van der Waals surface area contributed by atoms with Gasteiger partial charge in [0.05, 0.1) is 0 Å². The topological polar surface area (TPSA) is 15.3 Å². The van der Waals surface area contributed by atoms with E-state index in [9.17, 15) is 0 Å². The highest BCUT2D eigenvalue weighted by Crippen LogP contribution is 2.27.